The fourth-order valence-electron chi connectivity index (χ4n) is 2.20. The van der Waals surface area contributed by atoms with E-state index >= 15 is 0 Å². The van der Waals surface area contributed by atoms with Crippen molar-refractivity contribution in [3.05, 3.63) is 17.5 Å². The van der Waals surface area contributed by atoms with Gasteiger partial charge in [-0.3, -0.25) is 0 Å². The topological polar surface area (TPSA) is 82.3 Å². The molecule has 1 fully saturated rings. The Hall–Kier alpha value is -1.71. The number of likely N-dealkylation sites (N-methyl/N-ethyl adjacent to an activating group) is 1. The van der Waals surface area contributed by atoms with Gasteiger partial charge in [-0.15, -0.1) is 0 Å². The summed E-state index contributed by atoms with van der Waals surface area (Å²) in [6.07, 6.45) is 1.21. The zero-order chi connectivity index (χ0) is 13.9. The minimum atomic E-state index is -0.771. The molecule has 102 valence electrons. The zero-order valence-corrected chi connectivity index (χ0v) is 11.3. The highest BCUT2D eigenvalue weighted by atomic mass is 16.5. The summed E-state index contributed by atoms with van der Waals surface area (Å²) < 4.78 is 5.25. The molecule has 1 N–H and O–H groups in total. The van der Waals surface area contributed by atoms with Gasteiger partial charge in [0.05, 0.1) is 5.60 Å². The standard InChI is InChI=1S/C13H18N4O2/c1-10-7-11(8-14)16-12(15-10)17(2)9-13(18)3-5-19-6-4-13/h7,18H,3-6,9H2,1-2H3. The van der Waals surface area contributed by atoms with Crippen LogP contribution in [0.15, 0.2) is 6.07 Å². The van der Waals surface area contributed by atoms with E-state index in [0.29, 0.717) is 44.2 Å². The Bertz CT molecular complexity index is 492. The third-order valence-electron chi connectivity index (χ3n) is 3.25. The fraction of sp³-hybridized carbons (Fsp3) is 0.615. The molecule has 1 aliphatic heterocycles. The number of hydrogen-bond donors (Lipinski definition) is 1. The van der Waals surface area contributed by atoms with Gasteiger partial charge in [-0.1, -0.05) is 0 Å². The van der Waals surface area contributed by atoms with Crippen molar-refractivity contribution in [1.29, 1.82) is 5.26 Å². The monoisotopic (exact) mass is 262 g/mol. The van der Waals surface area contributed by atoms with Crippen LogP contribution in [0.25, 0.3) is 0 Å². The number of aryl methyl sites for hydroxylation is 1. The normalized spacial score (nSPS) is 17.8. The summed E-state index contributed by atoms with van der Waals surface area (Å²) in [5.41, 5.74) is 0.313. The first-order valence-corrected chi connectivity index (χ1v) is 6.29. The number of aliphatic hydroxyl groups is 1. The predicted molar refractivity (Wildman–Crippen MR) is 69.8 cm³/mol. The van der Waals surface area contributed by atoms with Gasteiger partial charge in [0.15, 0.2) is 0 Å². The number of hydrogen-bond acceptors (Lipinski definition) is 6. The summed E-state index contributed by atoms with van der Waals surface area (Å²) in [6, 6.07) is 3.66. The fourth-order valence-corrected chi connectivity index (χ4v) is 2.20. The molecule has 0 unspecified atom stereocenters. The Morgan fingerprint density at radius 3 is 2.79 bits per heavy atom. The Morgan fingerprint density at radius 2 is 2.16 bits per heavy atom. The quantitative estimate of drug-likeness (QED) is 0.860. The van der Waals surface area contributed by atoms with Gasteiger partial charge in [0.1, 0.15) is 11.8 Å². The zero-order valence-electron chi connectivity index (χ0n) is 11.3. The van der Waals surface area contributed by atoms with E-state index in [1.807, 2.05) is 20.0 Å². The highest BCUT2D eigenvalue weighted by Crippen LogP contribution is 2.22. The molecule has 2 rings (SSSR count). The Labute approximate surface area is 112 Å². The van der Waals surface area contributed by atoms with Gasteiger partial charge in [-0.25, -0.2) is 9.97 Å². The highest BCUT2D eigenvalue weighted by Gasteiger charge is 2.31. The van der Waals surface area contributed by atoms with Crippen LogP contribution in [0.2, 0.25) is 0 Å². The lowest BCUT2D eigenvalue weighted by Crippen LogP contribution is -2.46. The van der Waals surface area contributed by atoms with Crippen LogP contribution in [-0.2, 0) is 4.74 Å². The first kappa shape index (κ1) is 13.7. The molecule has 0 bridgehead atoms. The maximum Gasteiger partial charge on any atom is 0.226 e. The average Bonchev–Trinajstić information content (AvgIpc) is 2.38. The Morgan fingerprint density at radius 1 is 1.47 bits per heavy atom. The maximum absolute atomic E-state index is 10.5. The molecule has 0 aromatic carbocycles. The molecular weight excluding hydrogens is 244 g/mol. The number of rotatable bonds is 3. The van der Waals surface area contributed by atoms with E-state index in [1.165, 1.54) is 0 Å². The van der Waals surface area contributed by atoms with Crippen LogP contribution in [0.4, 0.5) is 5.95 Å². The van der Waals surface area contributed by atoms with E-state index in [9.17, 15) is 5.11 Å². The first-order chi connectivity index (χ1) is 9.02. The first-order valence-electron chi connectivity index (χ1n) is 6.29. The van der Waals surface area contributed by atoms with Crippen molar-refractivity contribution in [2.24, 2.45) is 0 Å². The summed E-state index contributed by atoms with van der Waals surface area (Å²) >= 11 is 0. The lowest BCUT2D eigenvalue weighted by atomic mass is 9.94. The molecule has 19 heavy (non-hydrogen) atoms. The lowest BCUT2D eigenvalue weighted by molar-refractivity contribution is -0.0574. The van der Waals surface area contributed by atoms with Crippen molar-refractivity contribution in [2.45, 2.75) is 25.4 Å². The van der Waals surface area contributed by atoms with Gasteiger partial charge in [-0.05, 0) is 13.0 Å². The molecule has 1 saturated heterocycles. The number of nitriles is 1. The van der Waals surface area contributed by atoms with Crippen LogP contribution in [0, 0.1) is 18.3 Å². The molecule has 6 heteroatoms. The van der Waals surface area contributed by atoms with E-state index in [1.54, 1.807) is 11.0 Å². The van der Waals surface area contributed by atoms with Crippen molar-refractivity contribution < 1.29 is 9.84 Å². The summed E-state index contributed by atoms with van der Waals surface area (Å²) in [4.78, 5) is 10.3. The minimum Gasteiger partial charge on any atom is -0.388 e. The van der Waals surface area contributed by atoms with Gasteiger partial charge in [-0.2, -0.15) is 5.26 Å². The van der Waals surface area contributed by atoms with Crippen molar-refractivity contribution >= 4 is 5.95 Å². The summed E-state index contributed by atoms with van der Waals surface area (Å²) in [5.74, 6) is 0.469. The average molecular weight is 262 g/mol. The third kappa shape index (κ3) is 3.40. The number of anilines is 1. The minimum absolute atomic E-state index is 0.341. The van der Waals surface area contributed by atoms with Crippen molar-refractivity contribution in [1.82, 2.24) is 9.97 Å². The van der Waals surface area contributed by atoms with Crippen molar-refractivity contribution in [2.75, 3.05) is 31.7 Å². The molecular formula is C13H18N4O2. The second-order valence-electron chi connectivity index (χ2n) is 5.00. The molecule has 1 aromatic heterocycles. The second kappa shape index (κ2) is 5.51. The van der Waals surface area contributed by atoms with Crippen LogP contribution in [0.1, 0.15) is 24.2 Å². The van der Waals surface area contributed by atoms with E-state index in [0.717, 1.165) is 5.69 Å². The van der Waals surface area contributed by atoms with Crippen LogP contribution in [0.5, 0.6) is 0 Å². The van der Waals surface area contributed by atoms with Gasteiger partial charge in [0, 0.05) is 45.3 Å². The smallest absolute Gasteiger partial charge is 0.226 e. The number of nitrogens with zero attached hydrogens (tertiary/aromatic N) is 4. The highest BCUT2D eigenvalue weighted by molar-refractivity contribution is 5.35. The van der Waals surface area contributed by atoms with Crippen molar-refractivity contribution in [3.63, 3.8) is 0 Å². The molecule has 0 radical (unpaired) electrons. The Balaban J connectivity index is 2.13. The molecule has 6 nitrogen and oxygen atoms in total. The van der Waals surface area contributed by atoms with E-state index in [2.05, 4.69) is 9.97 Å². The molecule has 2 heterocycles. The van der Waals surface area contributed by atoms with Crippen LogP contribution in [-0.4, -0.2) is 47.5 Å². The van der Waals surface area contributed by atoms with Gasteiger partial charge < -0.3 is 14.7 Å². The van der Waals surface area contributed by atoms with Crippen LogP contribution in [0.3, 0.4) is 0 Å². The SMILES string of the molecule is Cc1cc(C#N)nc(N(C)CC2(O)CCOCC2)n1. The van der Waals surface area contributed by atoms with Gasteiger partial charge >= 0.3 is 0 Å². The molecule has 0 spiro atoms. The molecule has 0 aliphatic carbocycles. The predicted octanol–water partition coefficient (Wildman–Crippen LogP) is 0.634. The largest absolute Gasteiger partial charge is 0.388 e. The van der Waals surface area contributed by atoms with Crippen LogP contribution >= 0.6 is 0 Å². The number of aromatic nitrogens is 2. The van der Waals surface area contributed by atoms with Gasteiger partial charge in [0.2, 0.25) is 5.95 Å². The maximum atomic E-state index is 10.5. The second-order valence-corrected chi connectivity index (χ2v) is 5.00. The van der Waals surface area contributed by atoms with E-state index in [-0.39, 0.29) is 0 Å². The molecule has 1 aliphatic rings. The molecule has 1 aromatic rings. The third-order valence-corrected chi connectivity index (χ3v) is 3.25. The van der Waals surface area contributed by atoms with Crippen molar-refractivity contribution in [3.8, 4) is 6.07 Å². The van der Waals surface area contributed by atoms with Crippen LogP contribution < -0.4 is 4.90 Å². The molecule has 0 saturated carbocycles. The van der Waals surface area contributed by atoms with Gasteiger partial charge in [0.25, 0.3) is 0 Å². The van der Waals surface area contributed by atoms with E-state index in [4.69, 9.17) is 10.00 Å². The summed E-state index contributed by atoms with van der Waals surface area (Å²) in [6.45, 7) is 3.40. The summed E-state index contributed by atoms with van der Waals surface area (Å²) in [7, 11) is 1.82. The van der Waals surface area contributed by atoms with E-state index < -0.39 is 5.60 Å². The number of ether oxygens (including phenoxy) is 1. The summed E-state index contributed by atoms with van der Waals surface area (Å²) in [5, 5.41) is 19.4. The Kier molecular flexibility index (Phi) is 3.98. The lowest BCUT2D eigenvalue weighted by Gasteiger charge is -2.35. The molecule has 0 atom stereocenters. The molecule has 0 amide bonds.